The summed E-state index contributed by atoms with van der Waals surface area (Å²) in [6, 6.07) is 15.5. The summed E-state index contributed by atoms with van der Waals surface area (Å²) >= 11 is 6.07. The van der Waals surface area contributed by atoms with Crippen LogP contribution >= 0.6 is 11.6 Å². The highest BCUT2D eigenvalue weighted by Crippen LogP contribution is 2.25. The number of para-hydroxylation sites is 1. The molecule has 0 saturated heterocycles. The molecule has 106 valence electrons. The lowest BCUT2D eigenvalue weighted by Gasteiger charge is -2.13. The monoisotopic (exact) mass is 297 g/mol. The Balaban J connectivity index is 1.94. The molecule has 0 aliphatic rings. The van der Waals surface area contributed by atoms with E-state index < -0.39 is 0 Å². The van der Waals surface area contributed by atoms with Crippen LogP contribution in [0.3, 0.4) is 0 Å². The minimum Gasteiger partial charge on any atom is -0.320 e. The summed E-state index contributed by atoms with van der Waals surface area (Å²) in [6.07, 6.45) is 3.76. The normalized spacial score (nSPS) is 12.3. The standard InChI is InChI=1S/C17H16ClN3/c1-12-7-8-14(18)9-16(12)17(19)13-10-20-21(11-13)15-5-3-2-4-6-15/h2-11,17H,19H2,1H3. The zero-order valence-corrected chi connectivity index (χ0v) is 12.5. The molecular formula is C17H16ClN3. The van der Waals surface area contributed by atoms with Crippen LogP contribution in [0.25, 0.3) is 5.69 Å². The Bertz CT molecular complexity index is 750. The van der Waals surface area contributed by atoms with Gasteiger partial charge in [-0.2, -0.15) is 5.10 Å². The molecule has 2 aromatic carbocycles. The largest absolute Gasteiger partial charge is 0.320 e. The maximum atomic E-state index is 6.37. The van der Waals surface area contributed by atoms with Gasteiger partial charge in [0.15, 0.2) is 0 Å². The Labute approximate surface area is 129 Å². The molecule has 4 heteroatoms. The zero-order valence-electron chi connectivity index (χ0n) is 11.7. The average molecular weight is 298 g/mol. The maximum Gasteiger partial charge on any atom is 0.0645 e. The van der Waals surface area contributed by atoms with Crippen molar-refractivity contribution in [2.75, 3.05) is 0 Å². The number of hydrogen-bond acceptors (Lipinski definition) is 2. The highest BCUT2D eigenvalue weighted by molar-refractivity contribution is 6.30. The number of nitrogens with zero attached hydrogens (tertiary/aromatic N) is 2. The van der Waals surface area contributed by atoms with E-state index in [-0.39, 0.29) is 6.04 Å². The Hall–Kier alpha value is -2.10. The molecule has 0 saturated carbocycles. The van der Waals surface area contributed by atoms with Gasteiger partial charge in [0.05, 0.1) is 17.9 Å². The minimum atomic E-state index is -0.235. The van der Waals surface area contributed by atoms with Gasteiger partial charge < -0.3 is 5.73 Å². The molecule has 3 nitrogen and oxygen atoms in total. The van der Waals surface area contributed by atoms with Crippen molar-refractivity contribution in [1.29, 1.82) is 0 Å². The molecular weight excluding hydrogens is 282 g/mol. The lowest BCUT2D eigenvalue weighted by atomic mass is 9.98. The second kappa shape index (κ2) is 5.72. The van der Waals surface area contributed by atoms with Crippen LogP contribution in [0.5, 0.6) is 0 Å². The van der Waals surface area contributed by atoms with Crippen LogP contribution in [-0.4, -0.2) is 9.78 Å². The van der Waals surface area contributed by atoms with Gasteiger partial charge in [-0.1, -0.05) is 35.9 Å². The highest BCUT2D eigenvalue weighted by atomic mass is 35.5. The first-order chi connectivity index (χ1) is 10.1. The number of benzene rings is 2. The Morgan fingerprint density at radius 2 is 1.90 bits per heavy atom. The molecule has 3 aromatic rings. The molecule has 0 spiro atoms. The summed E-state index contributed by atoms with van der Waals surface area (Å²) in [5.41, 5.74) is 10.5. The first kappa shape index (κ1) is 13.9. The Morgan fingerprint density at radius 3 is 2.67 bits per heavy atom. The van der Waals surface area contributed by atoms with Gasteiger partial charge in [-0.05, 0) is 42.3 Å². The minimum absolute atomic E-state index is 0.235. The molecule has 0 aliphatic carbocycles. The number of halogens is 1. The van der Waals surface area contributed by atoms with E-state index in [1.54, 1.807) is 6.20 Å². The van der Waals surface area contributed by atoms with Crippen LogP contribution in [0.2, 0.25) is 5.02 Å². The van der Waals surface area contributed by atoms with E-state index in [0.29, 0.717) is 5.02 Å². The van der Waals surface area contributed by atoms with Crippen LogP contribution in [0.1, 0.15) is 22.7 Å². The number of aromatic nitrogens is 2. The van der Waals surface area contributed by atoms with Gasteiger partial charge in [-0.3, -0.25) is 0 Å². The second-order valence-corrected chi connectivity index (χ2v) is 5.47. The third-order valence-electron chi connectivity index (χ3n) is 3.56. The van der Waals surface area contributed by atoms with Crippen molar-refractivity contribution in [1.82, 2.24) is 9.78 Å². The lowest BCUT2D eigenvalue weighted by Crippen LogP contribution is -2.12. The first-order valence-electron chi connectivity index (χ1n) is 6.77. The van der Waals surface area contributed by atoms with Crippen molar-refractivity contribution in [2.45, 2.75) is 13.0 Å². The van der Waals surface area contributed by atoms with Crippen molar-refractivity contribution >= 4 is 11.6 Å². The van der Waals surface area contributed by atoms with E-state index in [1.807, 2.05) is 66.3 Å². The van der Waals surface area contributed by atoms with E-state index in [2.05, 4.69) is 5.10 Å². The fourth-order valence-corrected chi connectivity index (χ4v) is 2.53. The third kappa shape index (κ3) is 2.84. The van der Waals surface area contributed by atoms with Crippen LogP contribution < -0.4 is 5.73 Å². The van der Waals surface area contributed by atoms with Gasteiger partial charge in [0.2, 0.25) is 0 Å². The first-order valence-corrected chi connectivity index (χ1v) is 7.14. The Kier molecular flexibility index (Phi) is 3.78. The van der Waals surface area contributed by atoms with Crippen molar-refractivity contribution in [3.8, 4) is 5.69 Å². The molecule has 21 heavy (non-hydrogen) atoms. The van der Waals surface area contributed by atoms with E-state index in [0.717, 1.165) is 22.4 Å². The molecule has 0 amide bonds. The van der Waals surface area contributed by atoms with Crippen molar-refractivity contribution in [2.24, 2.45) is 5.73 Å². The molecule has 3 rings (SSSR count). The summed E-state index contributed by atoms with van der Waals surface area (Å²) in [7, 11) is 0. The average Bonchev–Trinajstić information content (AvgIpc) is 3.00. The number of nitrogens with two attached hydrogens (primary N) is 1. The molecule has 1 atom stereocenters. The van der Waals surface area contributed by atoms with Gasteiger partial charge in [0, 0.05) is 16.8 Å². The predicted molar refractivity (Wildman–Crippen MR) is 85.8 cm³/mol. The topological polar surface area (TPSA) is 43.8 Å². The van der Waals surface area contributed by atoms with Crippen LogP contribution in [0, 0.1) is 6.92 Å². The summed E-state index contributed by atoms with van der Waals surface area (Å²) in [5, 5.41) is 5.08. The van der Waals surface area contributed by atoms with Gasteiger partial charge in [0.1, 0.15) is 0 Å². The molecule has 0 radical (unpaired) electrons. The smallest absolute Gasteiger partial charge is 0.0645 e. The molecule has 0 bridgehead atoms. The van der Waals surface area contributed by atoms with Crippen molar-refractivity contribution in [3.63, 3.8) is 0 Å². The summed E-state index contributed by atoms with van der Waals surface area (Å²) in [6.45, 7) is 2.03. The number of aryl methyl sites for hydroxylation is 1. The fraction of sp³-hybridized carbons (Fsp3) is 0.118. The molecule has 1 unspecified atom stereocenters. The zero-order chi connectivity index (χ0) is 14.8. The van der Waals surface area contributed by atoms with Crippen molar-refractivity contribution in [3.05, 3.63) is 82.6 Å². The molecule has 2 N–H and O–H groups in total. The molecule has 1 aromatic heterocycles. The van der Waals surface area contributed by atoms with Crippen molar-refractivity contribution < 1.29 is 0 Å². The van der Waals surface area contributed by atoms with Crippen LogP contribution in [0.15, 0.2) is 60.9 Å². The maximum absolute atomic E-state index is 6.37. The highest BCUT2D eigenvalue weighted by Gasteiger charge is 2.14. The number of rotatable bonds is 3. The third-order valence-corrected chi connectivity index (χ3v) is 3.79. The number of hydrogen-bond donors (Lipinski definition) is 1. The van der Waals surface area contributed by atoms with Gasteiger partial charge >= 0.3 is 0 Å². The van der Waals surface area contributed by atoms with E-state index in [4.69, 9.17) is 17.3 Å². The Morgan fingerprint density at radius 1 is 1.14 bits per heavy atom. The summed E-state index contributed by atoms with van der Waals surface area (Å²) in [4.78, 5) is 0. The summed E-state index contributed by atoms with van der Waals surface area (Å²) in [5.74, 6) is 0. The van der Waals surface area contributed by atoms with Gasteiger partial charge in [-0.15, -0.1) is 0 Å². The SMILES string of the molecule is Cc1ccc(Cl)cc1C(N)c1cnn(-c2ccccc2)c1. The van der Waals surface area contributed by atoms with Gasteiger partial charge in [0.25, 0.3) is 0 Å². The molecule has 0 fully saturated rings. The van der Waals surface area contributed by atoms with E-state index in [1.165, 1.54) is 0 Å². The molecule has 0 aliphatic heterocycles. The van der Waals surface area contributed by atoms with E-state index in [9.17, 15) is 0 Å². The summed E-state index contributed by atoms with van der Waals surface area (Å²) < 4.78 is 1.83. The van der Waals surface area contributed by atoms with E-state index >= 15 is 0 Å². The van der Waals surface area contributed by atoms with Gasteiger partial charge in [-0.25, -0.2) is 4.68 Å². The second-order valence-electron chi connectivity index (χ2n) is 5.03. The molecule has 1 heterocycles. The predicted octanol–water partition coefficient (Wildman–Crippen LogP) is 3.88. The van der Waals surface area contributed by atoms with Crippen LogP contribution in [0.4, 0.5) is 0 Å². The quantitative estimate of drug-likeness (QED) is 0.797. The lowest BCUT2D eigenvalue weighted by molar-refractivity contribution is 0.855. The fourth-order valence-electron chi connectivity index (χ4n) is 2.35. The van der Waals surface area contributed by atoms with Crippen LogP contribution in [-0.2, 0) is 0 Å².